The quantitative estimate of drug-likeness (QED) is 0.822. The normalized spacial score (nSPS) is 12.4. The van der Waals surface area contributed by atoms with E-state index in [0.717, 1.165) is 11.4 Å². The van der Waals surface area contributed by atoms with Gasteiger partial charge in [-0.2, -0.15) is 0 Å². The molecule has 3 heteroatoms. The molecule has 0 fully saturated rings. The first-order chi connectivity index (χ1) is 7.85. The summed E-state index contributed by atoms with van der Waals surface area (Å²) in [5.41, 5.74) is 8.13. The van der Waals surface area contributed by atoms with Gasteiger partial charge in [-0.1, -0.05) is 12.1 Å². The zero-order valence-electron chi connectivity index (χ0n) is 9.31. The van der Waals surface area contributed by atoms with Crippen molar-refractivity contribution in [2.75, 3.05) is 13.7 Å². The van der Waals surface area contributed by atoms with Crippen LogP contribution in [0.5, 0.6) is 5.75 Å². The van der Waals surface area contributed by atoms with Crippen LogP contribution in [0.25, 0.3) is 0 Å². The highest BCUT2D eigenvalue weighted by atomic mass is 16.5. The molecule has 0 bridgehead atoms. The van der Waals surface area contributed by atoms with Gasteiger partial charge in [-0.25, -0.2) is 0 Å². The van der Waals surface area contributed by atoms with Gasteiger partial charge in [-0.05, 0) is 29.8 Å². The third kappa shape index (κ3) is 2.09. The zero-order chi connectivity index (χ0) is 11.4. The van der Waals surface area contributed by atoms with Crippen LogP contribution >= 0.6 is 0 Å². The highest BCUT2D eigenvalue weighted by Crippen LogP contribution is 2.25. The topological polar surface area (TPSA) is 51.0 Å². The van der Waals surface area contributed by atoms with Crippen LogP contribution in [0.3, 0.4) is 0 Å². The molecule has 2 rings (SSSR count). The van der Waals surface area contributed by atoms with Crippen LogP contribution in [0.1, 0.15) is 17.2 Å². The fraction of sp³-hybridized carbons (Fsp3) is 0.231. The van der Waals surface area contributed by atoms with E-state index in [4.69, 9.17) is 10.5 Å². The average molecular weight is 216 g/mol. The standard InChI is InChI=1S/C13H16N2O/c1-16-11-5-2-4-10(8-11)12(9-14)13-6-3-7-15-13/h2-8,12,15H,9,14H2,1H3. The average Bonchev–Trinajstić information content (AvgIpc) is 2.84. The summed E-state index contributed by atoms with van der Waals surface area (Å²) >= 11 is 0. The Morgan fingerprint density at radius 1 is 1.31 bits per heavy atom. The van der Waals surface area contributed by atoms with E-state index >= 15 is 0 Å². The summed E-state index contributed by atoms with van der Waals surface area (Å²) in [4.78, 5) is 3.20. The van der Waals surface area contributed by atoms with Gasteiger partial charge in [0.15, 0.2) is 0 Å². The van der Waals surface area contributed by atoms with Crippen molar-refractivity contribution in [3.05, 3.63) is 53.9 Å². The van der Waals surface area contributed by atoms with Gasteiger partial charge in [0.2, 0.25) is 0 Å². The number of nitrogens with one attached hydrogen (secondary N) is 1. The Kier molecular flexibility index (Phi) is 3.27. The molecule has 3 N–H and O–H groups in total. The maximum atomic E-state index is 5.83. The lowest BCUT2D eigenvalue weighted by Gasteiger charge is -2.14. The van der Waals surface area contributed by atoms with E-state index < -0.39 is 0 Å². The predicted molar refractivity (Wildman–Crippen MR) is 64.7 cm³/mol. The molecule has 0 radical (unpaired) electrons. The number of nitrogens with two attached hydrogens (primary N) is 1. The second-order valence-electron chi connectivity index (χ2n) is 3.69. The maximum absolute atomic E-state index is 5.83. The van der Waals surface area contributed by atoms with Gasteiger partial charge in [0.25, 0.3) is 0 Å². The number of benzene rings is 1. The van der Waals surface area contributed by atoms with Crippen LogP contribution in [-0.2, 0) is 0 Å². The SMILES string of the molecule is COc1cccc(C(CN)c2ccc[nH]2)c1. The summed E-state index contributed by atoms with van der Waals surface area (Å²) in [7, 11) is 1.67. The van der Waals surface area contributed by atoms with Crippen LogP contribution in [0, 0.1) is 0 Å². The molecule has 16 heavy (non-hydrogen) atoms. The Morgan fingerprint density at radius 3 is 2.81 bits per heavy atom. The van der Waals surface area contributed by atoms with Gasteiger partial charge < -0.3 is 15.5 Å². The fourth-order valence-electron chi connectivity index (χ4n) is 1.86. The van der Waals surface area contributed by atoms with Crippen molar-refractivity contribution in [3.63, 3.8) is 0 Å². The van der Waals surface area contributed by atoms with Gasteiger partial charge in [-0.15, -0.1) is 0 Å². The molecule has 2 aromatic rings. The lowest BCUT2D eigenvalue weighted by molar-refractivity contribution is 0.414. The van der Waals surface area contributed by atoms with Crippen LogP contribution in [0.4, 0.5) is 0 Å². The minimum atomic E-state index is 0.199. The highest BCUT2D eigenvalue weighted by molar-refractivity contribution is 5.35. The molecule has 0 aliphatic carbocycles. The smallest absolute Gasteiger partial charge is 0.119 e. The summed E-state index contributed by atoms with van der Waals surface area (Å²) in [6, 6.07) is 12.1. The highest BCUT2D eigenvalue weighted by Gasteiger charge is 2.13. The first kappa shape index (κ1) is 10.8. The lowest BCUT2D eigenvalue weighted by atomic mass is 9.96. The molecule has 1 aromatic carbocycles. The Labute approximate surface area is 95.2 Å². The maximum Gasteiger partial charge on any atom is 0.119 e. The molecule has 0 amide bonds. The molecule has 3 nitrogen and oxygen atoms in total. The molecule has 1 atom stereocenters. The van der Waals surface area contributed by atoms with Crippen molar-refractivity contribution in [1.29, 1.82) is 0 Å². The van der Waals surface area contributed by atoms with Gasteiger partial charge in [0, 0.05) is 24.4 Å². The van der Waals surface area contributed by atoms with Crippen LogP contribution in [-0.4, -0.2) is 18.6 Å². The molecule has 0 aliphatic heterocycles. The second kappa shape index (κ2) is 4.86. The number of H-pyrrole nitrogens is 1. The monoisotopic (exact) mass is 216 g/mol. The Hall–Kier alpha value is -1.74. The summed E-state index contributed by atoms with van der Waals surface area (Å²) in [5, 5.41) is 0. The molecular formula is C13H16N2O. The third-order valence-corrected chi connectivity index (χ3v) is 2.73. The minimum Gasteiger partial charge on any atom is -0.497 e. The molecule has 0 spiro atoms. The van der Waals surface area contributed by atoms with Crippen LogP contribution in [0.2, 0.25) is 0 Å². The number of hydrogen-bond acceptors (Lipinski definition) is 2. The lowest BCUT2D eigenvalue weighted by Crippen LogP contribution is -2.14. The number of hydrogen-bond donors (Lipinski definition) is 2. The molecule has 1 heterocycles. The molecule has 0 saturated heterocycles. The van der Waals surface area contributed by atoms with E-state index in [1.165, 1.54) is 5.56 Å². The van der Waals surface area contributed by atoms with Gasteiger partial charge in [0.05, 0.1) is 7.11 Å². The number of ether oxygens (including phenoxy) is 1. The van der Waals surface area contributed by atoms with Crippen LogP contribution in [0.15, 0.2) is 42.6 Å². The Balaban J connectivity index is 2.33. The number of methoxy groups -OCH3 is 1. The predicted octanol–water partition coefficient (Wildman–Crippen LogP) is 2.11. The molecule has 0 saturated carbocycles. The van der Waals surface area contributed by atoms with Gasteiger partial charge in [-0.3, -0.25) is 0 Å². The third-order valence-electron chi connectivity index (χ3n) is 2.73. The Bertz CT molecular complexity index is 437. The molecule has 0 aliphatic rings. The largest absolute Gasteiger partial charge is 0.497 e. The summed E-state index contributed by atoms with van der Waals surface area (Å²) in [6.07, 6.45) is 1.91. The van der Waals surface area contributed by atoms with Crippen molar-refractivity contribution in [3.8, 4) is 5.75 Å². The van der Waals surface area contributed by atoms with Crippen molar-refractivity contribution >= 4 is 0 Å². The second-order valence-corrected chi connectivity index (χ2v) is 3.69. The molecule has 84 valence electrons. The summed E-state index contributed by atoms with van der Waals surface area (Å²) in [5.74, 6) is 1.06. The minimum absolute atomic E-state index is 0.199. The molecule has 1 unspecified atom stereocenters. The fourth-order valence-corrected chi connectivity index (χ4v) is 1.86. The first-order valence-corrected chi connectivity index (χ1v) is 5.32. The Morgan fingerprint density at radius 2 is 2.19 bits per heavy atom. The van der Waals surface area contributed by atoms with Gasteiger partial charge in [0.1, 0.15) is 5.75 Å². The van der Waals surface area contributed by atoms with Crippen molar-refractivity contribution in [1.82, 2.24) is 4.98 Å². The van der Waals surface area contributed by atoms with E-state index in [1.54, 1.807) is 7.11 Å². The number of aromatic nitrogens is 1. The van der Waals surface area contributed by atoms with Crippen LogP contribution < -0.4 is 10.5 Å². The number of rotatable bonds is 4. The van der Waals surface area contributed by atoms with E-state index in [9.17, 15) is 0 Å². The van der Waals surface area contributed by atoms with Gasteiger partial charge >= 0.3 is 0 Å². The van der Waals surface area contributed by atoms with E-state index in [2.05, 4.69) is 17.1 Å². The van der Waals surface area contributed by atoms with E-state index in [0.29, 0.717) is 6.54 Å². The van der Waals surface area contributed by atoms with E-state index in [-0.39, 0.29) is 5.92 Å². The van der Waals surface area contributed by atoms with Crippen molar-refractivity contribution < 1.29 is 4.74 Å². The van der Waals surface area contributed by atoms with Crippen molar-refractivity contribution in [2.45, 2.75) is 5.92 Å². The zero-order valence-corrected chi connectivity index (χ0v) is 9.31. The van der Waals surface area contributed by atoms with Crippen molar-refractivity contribution in [2.24, 2.45) is 5.73 Å². The summed E-state index contributed by atoms with van der Waals surface area (Å²) < 4.78 is 5.22. The number of aromatic amines is 1. The molecular weight excluding hydrogens is 200 g/mol. The van der Waals surface area contributed by atoms with E-state index in [1.807, 2.05) is 30.5 Å². The first-order valence-electron chi connectivity index (χ1n) is 5.32. The molecule has 1 aromatic heterocycles. The summed E-state index contributed by atoms with van der Waals surface area (Å²) in [6.45, 7) is 0.577.